The van der Waals surface area contributed by atoms with Crippen molar-refractivity contribution in [3.05, 3.63) is 16.1 Å². The lowest BCUT2D eigenvalue weighted by atomic mass is 9.63. The van der Waals surface area contributed by atoms with Crippen molar-refractivity contribution in [3.63, 3.8) is 0 Å². The van der Waals surface area contributed by atoms with Crippen LogP contribution in [0.1, 0.15) is 30.5 Å². The van der Waals surface area contributed by atoms with Crippen molar-refractivity contribution < 1.29 is 4.79 Å². The maximum Gasteiger partial charge on any atom is 0.240 e. The zero-order chi connectivity index (χ0) is 13.2. The zero-order valence-electron chi connectivity index (χ0n) is 10.7. The van der Waals surface area contributed by atoms with E-state index in [0.717, 1.165) is 17.1 Å². The molecule has 1 aromatic rings. The van der Waals surface area contributed by atoms with Crippen molar-refractivity contribution in [1.82, 2.24) is 10.3 Å². The van der Waals surface area contributed by atoms with Gasteiger partial charge in [0.25, 0.3) is 0 Å². The van der Waals surface area contributed by atoms with Gasteiger partial charge in [-0.25, -0.2) is 4.98 Å². The number of aryl methyl sites for hydroxylation is 1. The lowest BCUT2D eigenvalue weighted by Crippen LogP contribution is -2.48. The largest absolute Gasteiger partial charge is 0.354 e. The summed E-state index contributed by atoms with van der Waals surface area (Å²) in [6.07, 6.45) is 2.11. The Morgan fingerprint density at radius 1 is 1.72 bits per heavy atom. The Morgan fingerprint density at radius 3 is 2.94 bits per heavy atom. The van der Waals surface area contributed by atoms with Crippen molar-refractivity contribution in [3.8, 4) is 6.07 Å². The Kier molecular flexibility index (Phi) is 3.67. The van der Waals surface area contributed by atoms with Crippen molar-refractivity contribution >= 4 is 17.2 Å². The Balaban J connectivity index is 1.80. The van der Waals surface area contributed by atoms with E-state index < -0.39 is 5.41 Å². The minimum atomic E-state index is -0.766. The molecule has 0 aliphatic heterocycles. The third kappa shape index (κ3) is 2.54. The molecule has 1 heterocycles. The second-order valence-corrected chi connectivity index (χ2v) is 6.04. The molecule has 0 unspecified atom stereocenters. The van der Waals surface area contributed by atoms with Crippen LogP contribution < -0.4 is 5.32 Å². The average Bonchev–Trinajstić information content (AvgIpc) is 2.70. The monoisotopic (exact) mass is 263 g/mol. The van der Waals surface area contributed by atoms with Gasteiger partial charge in [0.1, 0.15) is 5.41 Å². The van der Waals surface area contributed by atoms with Crippen LogP contribution in [0.4, 0.5) is 0 Å². The molecule has 0 atom stereocenters. The Morgan fingerprint density at radius 2 is 2.44 bits per heavy atom. The highest BCUT2D eigenvalue weighted by molar-refractivity contribution is 7.09. The molecule has 0 bridgehead atoms. The number of aromatic nitrogens is 1. The van der Waals surface area contributed by atoms with Gasteiger partial charge in [-0.3, -0.25) is 4.79 Å². The number of thiazole rings is 1. The summed E-state index contributed by atoms with van der Waals surface area (Å²) in [5.74, 6) is 0.369. The van der Waals surface area contributed by atoms with Crippen LogP contribution in [-0.4, -0.2) is 17.4 Å². The third-order valence-corrected chi connectivity index (χ3v) is 4.36. The average molecular weight is 263 g/mol. The minimum absolute atomic E-state index is 0.114. The van der Waals surface area contributed by atoms with E-state index in [4.69, 9.17) is 5.26 Å². The van der Waals surface area contributed by atoms with Crippen LogP contribution in [0.2, 0.25) is 0 Å². The molecule has 1 aliphatic carbocycles. The number of amides is 1. The molecular weight excluding hydrogens is 246 g/mol. The normalized spacial score (nSPS) is 26.2. The second kappa shape index (κ2) is 5.07. The van der Waals surface area contributed by atoms with Crippen molar-refractivity contribution in [2.75, 3.05) is 6.54 Å². The van der Waals surface area contributed by atoms with Crippen LogP contribution in [0.5, 0.6) is 0 Å². The number of hydrogen-bond donors (Lipinski definition) is 1. The molecular formula is C13H17N3OS. The van der Waals surface area contributed by atoms with E-state index in [-0.39, 0.29) is 5.91 Å². The first-order chi connectivity index (χ1) is 8.55. The first kappa shape index (κ1) is 13.0. The number of carbonyl (C=O) groups is 1. The molecule has 1 aromatic heterocycles. The van der Waals surface area contributed by atoms with E-state index in [1.54, 1.807) is 11.3 Å². The van der Waals surface area contributed by atoms with Gasteiger partial charge >= 0.3 is 0 Å². The van der Waals surface area contributed by atoms with Gasteiger partial charge in [-0.2, -0.15) is 5.26 Å². The quantitative estimate of drug-likeness (QED) is 0.904. The van der Waals surface area contributed by atoms with Crippen LogP contribution in [0, 0.1) is 29.6 Å². The summed E-state index contributed by atoms with van der Waals surface area (Å²) in [6, 6.07) is 2.17. The van der Waals surface area contributed by atoms with E-state index >= 15 is 0 Å². The minimum Gasteiger partial charge on any atom is -0.354 e. The molecule has 0 radical (unpaired) electrons. The fourth-order valence-electron chi connectivity index (χ4n) is 2.43. The summed E-state index contributed by atoms with van der Waals surface area (Å²) in [5.41, 5.74) is 0.251. The van der Waals surface area contributed by atoms with Gasteiger partial charge in [0.15, 0.2) is 0 Å². The lowest BCUT2D eigenvalue weighted by molar-refractivity contribution is -0.133. The maximum absolute atomic E-state index is 12.0. The first-order valence-corrected chi connectivity index (χ1v) is 7.04. The smallest absolute Gasteiger partial charge is 0.240 e. The van der Waals surface area contributed by atoms with Gasteiger partial charge in [-0.05, 0) is 25.7 Å². The molecule has 1 aliphatic rings. The van der Waals surface area contributed by atoms with Gasteiger partial charge in [-0.15, -0.1) is 11.3 Å². The SMILES string of the molecule is Cc1csc(CCNC(=O)C2(C#N)CC(C)C2)n1. The Bertz CT molecular complexity index is 483. The number of nitrogens with one attached hydrogen (secondary N) is 1. The van der Waals surface area contributed by atoms with Crippen LogP contribution in [0.15, 0.2) is 5.38 Å². The fourth-order valence-corrected chi connectivity index (χ4v) is 3.20. The summed E-state index contributed by atoms with van der Waals surface area (Å²) >= 11 is 1.61. The molecule has 1 fully saturated rings. The molecule has 0 aromatic carbocycles. The summed E-state index contributed by atoms with van der Waals surface area (Å²) in [5, 5.41) is 15.0. The number of rotatable bonds is 4. The lowest BCUT2D eigenvalue weighted by Gasteiger charge is -2.39. The highest BCUT2D eigenvalue weighted by Gasteiger charge is 2.48. The van der Waals surface area contributed by atoms with Gasteiger partial charge in [0, 0.05) is 24.0 Å². The Hall–Kier alpha value is -1.41. The molecule has 4 nitrogen and oxygen atoms in total. The maximum atomic E-state index is 12.0. The zero-order valence-corrected chi connectivity index (χ0v) is 11.5. The van der Waals surface area contributed by atoms with E-state index in [1.807, 2.05) is 12.3 Å². The molecule has 18 heavy (non-hydrogen) atoms. The standard InChI is InChI=1S/C13H17N3OS/c1-9-5-13(6-9,8-14)12(17)15-4-3-11-16-10(2)7-18-11/h7,9H,3-6H2,1-2H3,(H,15,17). The van der Waals surface area contributed by atoms with Crippen molar-refractivity contribution in [2.24, 2.45) is 11.3 Å². The summed E-state index contributed by atoms with van der Waals surface area (Å²) < 4.78 is 0. The fraction of sp³-hybridized carbons (Fsp3) is 0.615. The van der Waals surface area contributed by atoms with Crippen LogP contribution >= 0.6 is 11.3 Å². The van der Waals surface area contributed by atoms with Gasteiger partial charge in [-0.1, -0.05) is 6.92 Å². The van der Waals surface area contributed by atoms with E-state index in [2.05, 4.69) is 23.3 Å². The van der Waals surface area contributed by atoms with Crippen LogP contribution in [-0.2, 0) is 11.2 Å². The molecule has 1 amide bonds. The first-order valence-electron chi connectivity index (χ1n) is 6.16. The molecule has 2 rings (SSSR count). The number of hydrogen-bond acceptors (Lipinski definition) is 4. The van der Waals surface area contributed by atoms with E-state index in [1.165, 1.54) is 0 Å². The number of nitrogens with zero attached hydrogens (tertiary/aromatic N) is 2. The summed E-state index contributed by atoms with van der Waals surface area (Å²) in [4.78, 5) is 16.3. The Labute approximate surface area is 111 Å². The van der Waals surface area contributed by atoms with E-state index in [0.29, 0.717) is 25.3 Å². The van der Waals surface area contributed by atoms with Crippen molar-refractivity contribution in [2.45, 2.75) is 33.1 Å². The summed E-state index contributed by atoms with van der Waals surface area (Å²) in [7, 11) is 0. The van der Waals surface area contributed by atoms with Crippen LogP contribution in [0.25, 0.3) is 0 Å². The highest BCUT2D eigenvalue weighted by Crippen LogP contribution is 2.44. The highest BCUT2D eigenvalue weighted by atomic mass is 32.1. The van der Waals surface area contributed by atoms with Gasteiger partial charge in [0.2, 0.25) is 5.91 Å². The number of carbonyl (C=O) groups excluding carboxylic acids is 1. The second-order valence-electron chi connectivity index (χ2n) is 5.10. The molecule has 5 heteroatoms. The summed E-state index contributed by atoms with van der Waals surface area (Å²) in [6.45, 7) is 4.59. The van der Waals surface area contributed by atoms with Gasteiger partial charge in [0.05, 0.1) is 11.1 Å². The molecule has 96 valence electrons. The topological polar surface area (TPSA) is 65.8 Å². The molecule has 1 saturated carbocycles. The number of nitriles is 1. The van der Waals surface area contributed by atoms with E-state index in [9.17, 15) is 4.79 Å². The van der Waals surface area contributed by atoms with Crippen molar-refractivity contribution in [1.29, 1.82) is 5.26 Å². The molecule has 1 N–H and O–H groups in total. The third-order valence-electron chi connectivity index (χ3n) is 3.33. The van der Waals surface area contributed by atoms with Crippen LogP contribution in [0.3, 0.4) is 0 Å². The predicted molar refractivity (Wildman–Crippen MR) is 70.0 cm³/mol. The van der Waals surface area contributed by atoms with Gasteiger partial charge < -0.3 is 5.32 Å². The molecule has 0 saturated heterocycles. The predicted octanol–water partition coefficient (Wildman–Crippen LogP) is 2.05. The molecule has 0 spiro atoms.